The van der Waals surface area contributed by atoms with Crippen LogP contribution in [0.5, 0.6) is 0 Å². The van der Waals surface area contributed by atoms with Gasteiger partial charge in [0.1, 0.15) is 5.01 Å². The third-order valence-corrected chi connectivity index (χ3v) is 3.39. The first-order valence-electron chi connectivity index (χ1n) is 5.93. The molecular formula is C11H17N5S. The Morgan fingerprint density at radius 2 is 2.29 bits per heavy atom. The number of aryl methyl sites for hydroxylation is 1. The highest BCUT2D eigenvalue weighted by Gasteiger charge is 2.06. The summed E-state index contributed by atoms with van der Waals surface area (Å²) in [5.74, 6) is 0. The maximum atomic E-state index is 4.18. The van der Waals surface area contributed by atoms with Crippen molar-refractivity contribution in [1.29, 1.82) is 0 Å². The summed E-state index contributed by atoms with van der Waals surface area (Å²) in [7, 11) is 0. The van der Waals surface area contributed by atoms with Crippen LogP contribution in [0, 0.1) is 0 Å². The van der Waals surface area contributed by atoms with Crippen molar-refractivity contribution in [3.63, 3.8) is 0 Å². The number of nitrogens with zero attached hydrogens (tertiary/aromatic N) is 3. The zero-order valence-electron chi connectivity index (χ0n) is 9.94. The van der Waals surface area contributed by atoms with E-state index in [2.05, 4.69) is 32.6 Å². The van der Waals surface area contributed by atoms with Gasteiger partial charge in [-0.15, -0.1) is 10.2 Å². The molecule has 0 aliphatic heterocycles. The Morgan fingerprint density at radius 1 is 1.35 bits per heavy atom. The number of hydrogen-bond acceptors (Lipinski definition) is 5. The second-order valence-electron chi connectivity index (χ2n) is 3.82. The zero-order chi connectivity index (χ0) is 11.9. The molecule has 2 aromatic heterocycles. The van der Waals surface area contributed by atoms with Crippen LogP contribution in [-0.2, 0) is 6.42 Å². The van der Waals surface area contributed by atoms with Crippen LogP contribution in [0.4, 0.5) is 0 Å². The van der Waals surface area contributed by atoms with Crippen molar-refractivity contribution in [2.24, 2.45) is 0 Å². The Balaban J connectivity index is 1.79. The topological polar surface area (TPSA) is 66.5 Å². The van der Waals surface area contributed by atoms with Gasteiger partial charge in [-0.2, -0.15) is 5.10 Å². The molecular weight excluding hydrogens is 234 g/mol. The van der Waals surface area contributed by atoms with E-state index in [-0.39, 0.29) is 0 Å². The van der Waals surface area contributed by atoms with Crippen molar-refractivity contribution in [1.82, 2.24) is 25.7 Å². The molecule has 92 valence electrons. The fourth-order valence-corrected chi connectivity index (χ4v) is 2.36. The molecule has 0 aromatic carbocycles. The Morgan fingerprint density at radius 3 is 3.06 bits per heavy atom. The SMILES string of the molecule is CCCNCCCc1nnc(-c2ccn[nH]2)s1. The second-order valence-corrected chi connectivity index (χ2v) is 4.89. The molecule has 0 spiro atoms. The lowest BCUT2D eigenvalue weighted by molar-refractivity contribution is 0.637. The largest absolute Gasteiger partial charge is 0.317 e. The number of H-pyrrole nitrogens is 1. The van der Waals surface area contributed by atoms with Crippen LogP contribution in [0.3, 0.4) is 0 Å². The van der Waals surface area contributed by atoms with Crippen molar-refractivity contribution in [3.8, 4) is 10.7 Å². The quantitative estimate of drug-likeness (QED) is 0.737. The van der Waals surface area contributed by atoms with Crippen LogP contribution >= 0.6 is 11.3 Å². The van der Waals surface area contributed by atoms with Gasteiger partial charge >= 0.3 is 0 Å². The molecule has 0 aliphatic carbocycles. The van der Waals surface area contributed by atoms with Crippen molar-refractivity contribution < 1.29 is 0 Å². The van der Waals surface area contributed by atoms with Gasteiger partial charge in [0, 0.05) is 12.6 Å². The Hall–Kier alpha value is -1.27. The minimum absolute atomic E-state index is 0.916. The van der Waals surface area contributed by atoms with Crippen molar-refractivity contribution in [3.05, 3.63) is 17.3 Å². The normalized spacial score (nSPS) is 10.9. The van der Waals surface area contributed by atoms with Crippen LogP contribution in [0.1, 0.15) is 24.8 Å². The van der Waals surface area contributed by atoms with Gasteiger partial charge in [-0.25, -0.2) is 0 Å². The van der Waals surface area contributed by atoms with E-state index in [1.165, 1.54) is 6.42 Å². The molecule has 5 nitrogen and oxygen atoms in total. The second kappa shape index (κ2) is 6.46. The first-order valence-corrected chi connectivity index (χ1v) is 6.74. The number of nitrogens with one attached hydrogen (secondary N) is 2. The molecule has 0 bridgehead atoms. The highest BCUT2D eigenvalue weighted by atomic mass is 32.1. The summed E-state index contributed by atoms with van der Waals surface area (Å²) in [4.78, 5) is 0. The average molecular weight is 251 g/mol. The summed E-state index contributed by atoms with van der Waals surface area (Å²) in [5.41, 5.74) is 0.942. The molecule has 0 atom stereocenters. The molecule has 2 aromatic rings. The number of aromatic amines is 1. The Labute approximate surface area is 105 Å². The van der Waals surface area contributed by atoms with Gasteiger partial charge < -0.3 is 5.32 Å². The summed E-state index contributed by atoms with van der Waals surface area (Å²) in [6, 6.07) is 1.91. The Bertz CT molecular complexity index is 423. The minimum atomic E-state index is 0.916. The first-order chi connectivity index (χ1) is 8.40. The molecule has 0 amide bonds. The van der Waals surface area contributed by atoms with Gasteiger partial charge in [0.05, 0.1) is 5.69 Å². The van der Waals surface area contributed by atoms with Gasteiger partial charge in [0.25, 0.3) is 0 Å². The monoisotopic (exact) mass is 251 g/mol. The summed E-state index contributed by atoms with van der Waals surface area (Å²) in [6.45, 7) is 4.32. The number of aromatic nitrogens is 4. The molecule has 0 fully saturated rings. The lowest BCUT2D eigenvalue weighted by Gasteiger charge is -1.99. The van der Waals surface area contributed by atoms with E-state index in [0.29, 0.717) is 0 Å². The van der Waals surface area contributed by atoms with Gasteiger partial charge in [0.2, 0.25) is 0 Å². The van der Waals surface area contributed by atoms with Crippen LogP contribution < -0.4 is 5.32 Å². The number of hydrogen-bond donors (Lipinski definition) is 2. The molecule has 0 radical (unpaired) electrons. The van der Waals surface area contributed by atoms with Crippen LogP contribution in [0.15, 0.2) is 12.3 Å². The average Bonchev–Trinajstić information content (AvgIpc) is 2.99. The van der Waals surface area contributed by atoms with Crippen LogP contribution in [0.25, 0.3) is 10.7 Å². The Kier molecular flexibility index (Phi) is 4.63. The standard InChI is InChI=1S/C11H17N5S/c1-2-6-12-7-3-4-10-15-16-11(17-10)9-5-8-13-14-9/h5,8,12H,2-4,6-7H2,1H3,(H,13,14). The maximum absolute atomic E-state index is 4.18. The molecule has 17 heavy (non-hydrogen) atoms. The highest BCUT2D eigenvalue weighted by Crippen LogP contribution is 2.21. The molecule has 0 unspecified atom stereocenters. The maximum Gasteiger partial charge on any atom is 0.165 e. The molecule has 6 heteroatoms. The molecule has 0 saturated heterocycles. The van der Waals surface area contributed by atoms with Crippen molar-refractivity contribution in [2.45, 2.75) is 26.2 Å². The van der Waals surface area contributed by atoms with Gasteiger partial charge in [0.15, 0.2) is 5.01 Å². The van der Waals surface area contributed by atoms with E-state index in [9.17, 15) is 0 Å². The molecule has 2 heterocycles. The van der Waals surface area contributed by atoms with E-state index in [1.807, 2.05) is 6.07 Å². The summed E-state index contributed by atoms with van der Waals surface area (Å²) in [5, 5.41) is 20.5. The summed E-state index contributed by atoms with van der Waals surface area (Å²) in [6.07, 6.45) is 5.01. The van der Waals surface area contributed by atoms with E-state index in [4.69, 9.17) is 0 Å². The van der Waals surface area contributed by atoms with E-state index < -0.39 is 0 Å². The number of rotatable bonds is 7. The van der Waals surface area contributed by atoms with Crippen molar-refractivity contribution in [2.75, 3.05) is 13.1 Å². The third-order valence-electron chi connectivity index (χ3n) is 2.37. The van der Waals surface area contributed by atoms with Crippen LogP contribution in [-0.4, -0.2) is 33.5 Å². The van der Waals surface area contributed by atoms with Gasteiger partial charge in [-0.1, -0.05) is 18.3 Å². The summed E-state index contributed by atoms with van der Waals surface area (Å²) < 4.78 is 0. The highest BCUT2D eigenvalue weighted by molar-refractivity contribution is 7.14. The van der Waals surface area contributed by atoms with Crippen molar-refractivity contribution >= 4 is 11.3 Å². The first kappa shape index (κ1) is 12.2. The predicted molar refractivity (Wildman–Crippen MR) is 69.0 cm³/mol. The fraction of sp³-hybridized carbons (Fsp3) is 0.545. The fourth-order valence-electron chi connectivity index (χ4n) is 1.50. The molecule has 2 rings (SSSR count). The van der Waals surface area contributed by atoms with E-state index in [1.54, 1.807) is 17.5 Å². The van der Waals surface area contributed by atoms with Gasteiger partial charge in [-0.3, -0.25) is 5.10 Å². The molecule has 0 aliphatic rings. The minimum Gasteiger partial charge on any atom is -0.317 e. The van der Waals surface area contributed by atoms with E-state index in [0.717, 1.165) is 41.6 Å². The lowest BCUT2D eigenvalue weighted by Crippen LogP contribution is -2.16. The molecule has 2 N–H and O–H groups in total. The third kappa shape index (κ3) is 3.61. The van der Waals surface area contributed by atoms with Gasteiger partial charge in [-0.05, 0) is 32.0 Å². The zero-order valence-corrected chi connectivity index (χ0v) is 10.8. The summed E-state index contributed by atoms with van der Waals surface area (Å²) >= 11 is 1.63. The molecule has 0 saturated carbocycles. The predicted octanol–water partition coefficient (Wildman–Crippen LogP) is 1.86. The van der Waals surface area contributed by atoms with Crippen LogP contribution in [0.2, 0.25) is 0 Å². The smallest absolute Gasteiger partial charge is 0.165 e. The lowest BCUT2D eigenvalue weighted by atomic mass is 10.3. The van der Waals surface area contributed by atoms with E-state index >= 15 is 0 Å².